The summed E-state index contributed by atoms with van der Waals surface area (Å²) in [5, 5.41) is 2.53. The number of hydrogen-bond acceptors (Lipinski definition) is 6. The van der Waals surface area contributed by atoms with E-state index in [4.69, 9.17) is 14.2 Å². The fraction of sp³-hybridized carbons (Fsp3) is 0.522. The lowest BCUT2D eigenvalue weighted by Gasteiger charge is -2.41. The molecule has 1 N–H and O–H groups in total. The van der Waals surface area contributed by atoms with Gasteiger partial charge in [-0.2, -0.15) is 0 Å². The van der Waals surface area contributed by atoms with Crippen LogP contribution in [0.15, 0.2) is 29.8 Å². The van der Waals surface area contributed by atoms with Gasteiger partial charge in [0.2, 0.25) is 0 Å². The van der Waals surface area contributed by atoms with Crippen molar-refractivity contribution in [1.82, 2.24) is 5.32 Å². The second kappa shape index (κ2) is 8.13. The van der Waals surface area contributed by atoms with E-state index >= 15 is 0 Å². The average molecular weight is 415 g/mol. The van der Waals surface area contributed by atoms with Crippen molar-refractivity contribution in [3.05, 3.63) is 41.0 Å². The van der Waals surface area contributed by atoms with Gasteiger partial charge in [-0.25, -0.2) is 4.79 Å². The van der Waals surface area contributed by atoms with Gasteiger partial charge in [-0.05, 0) is 40.2 Å². The quantitative estimate of drug-likeness (QED) is 0.757. The maximum atomic E-state index is 12.7. The lowest BCUT2D eigenvalue weighted by atomic mass is 9.81. The number of hydrogen-bond donors (Lipinski definition) is 1. The first-order chi connectivity index (χ1) is 14.0. The van der Waals surface area contributed by atoms with Crippen molar-refractivity contribution in [2.45, 2.75) is 71.2 Å². The molecule has 0 spiro atoms. The number of rotatable bonds is 4. The Morgan fingerprint density at radius 1 is 1.23 bits per heavy atom. The number of benzene rings is 1. The third-order valence-corrected chi connectivity index (χ3v) is 5.02. The summed E-state index contributed by atoms with van der Waals surface area (Å²) < 4.78 is 16.9. The minimum absolute atomic E-state index is 0.00545. The van der Waals surface area contributed by atoms with Crippen molar-refractivity contribution >= 4 is 23.6 Å². The van der Waals surface area contributed by atoms with Gasteiger partial charge in [0, 0.05) is 30.5 Å². The highest BCUT2D eigenvalue weighted by atomic mass is 16.6. The Hall–Kier alpha value is -2.83. The Morgan fingerprint density at radius 2 is 1.93 bits per heavy atom. The fourth-order valence-electron chi connectivity index (χ4n) is 3.53. The molecule has 30 heavy (non-hydrogen) atoms. The van der Waals surface area contributed by atoms with E-state index in [9.17, 15) is 14.4 Å². The highest BCUT2D eigenvalue weighted by Crippen LogP contribution is 2.42. The second-order valence-corrected chi connectivity index (χ2v) is 9.13. The summed E-state index contributed by atoms with van der Waals surface area (Å²) in [6, 6.07) is 7.69. The first-order valence-electron chi connectivity index (χ1n) is 10.2. The van der Waals surface area contributed by atoms with Crippen molar-refractivity contribution in [2.75, 3.05) is 6.54 Å². The van der Waals surface area contributed by atoms with Crippen molar-refractivity contribution in [2.24, 2.45) is 0 Å². The minimum Gasteiger partial charge on any atom is -0.483 e. The molecule has 1 aromatic rings. The molecule has 1 aromatic carbocycles. The van der Waals surface area contributed by atoms with Gasteiger partial charge in [0.05, 0.1) is 6.42 Å². The number of fused-ring (bicyclic) bond motifs is 2. The van der Waals surface area contributed by atoms with Crippen molar-refractivity contribution in [3.63, 3.8) is 0 Å². The molecule has 1 aliphatic heterocycles. The lowest BCUT2D eigenvalue weighted by Crippen LogP contribution is -2.46. The van der Waals surface area contributed by atoms with Gasteiger partial charge in [-0.15, -0.1) is 0 Å². The van der Waals surface area contributed by atoms with Crippen LogP contribution >= 0.6 is 0 Å². The molecule has 1 atom stereocenters. The number of carbonyl (C=O) groups excluding carboxylic acids is 3. The van der Waals surface area contributed by atoms with Crippen LogP contribution in [0.2, 0.25) is 0 Å². The van der Waals surface area contributed by atoms with Gasteiger partial charge in [0.25, 0.3) is 0 Å². The predicted octanol–water partition coefficient (Wildman–Crippen LogP) is 3.55. The van der Waals surface area contributed by atoms with E-state index in [1.165, 1.54) is 0 Å². The van der Waals surface area contributed by atoms with E-state index < -0.39 is 29.4 Å². The van der Waals surface area contributed by atoms with Crippen LogP contribution in [0.4, 0.5) is 4.79 Å². The molecule has 0 saturated heterocycles. The van der Waals surface area contributed by atoms with Crippen molar-refractivity contribution in [1.29, 1.82) is 0 Å². The number of esters is 1. The molecule has 1 amide bonds. The van der Waals surface area contributed by atoms with Crippen LogP contribution in [0.3, 0.4) is 0 Å². The van der Waals surface area contributed by atoms with Gasteiger partial charge < -0.3 is 19.5 Å². The molecule has 0 bridgehead atoms. The zero-order chi connectivity index (χ0) is 22.1. The molecule has 0 fully saturated rings. The van der Waals surface area contributed by atoms with E-state index in [2.05, 4.69) is 5.32 Å². The summed E-state index contributed by atoms with van der Waals surface area (Å²) in [6.07, 6.45) is -0.563. The van der Waals surface area contributed by atoms with Crippen LogP contribution in [-0.2, 0) is 30.2 Å². The van der Waals surface area contributed by atoms with Crippen LogP contribution in [0.5, 0.6) is 0 Å². The lowest BCUT2D eigenvalue weighted by molar-refractivity contribution is -0.163. The van der Waals surface area contributed by atoms with Gasteiger partial charge in [0.15, 0.2) is 5.78 Å². The largest absolute Gasteiger partial charge is 0.483 e. The number of Topliss-reactive ketones (excluding diaryl/α,β-unsaturated/α-hetero) is 1. The molecule has 0 radical (unpaired) electrons. The van der Waals surface area contributed by atoms with Crippen LogP contribution in [0.1, 0.15) is 58.6 Å². The van der Waals surface area contributed by atoms with Gasteiger partial charge in [0.1, 0.15) is 23.1 Å². The maximum absolute atomic E-state index is 12.7. The third-order valence-electron chi connectivity index (χ3n) is 5.02. The monoisotopic (exact) mass is 415 g/mol. The van der Waals surface area contributed by atoms with Crippen LogP contribution in [-0.4, -0.2) is 41.7 Å². The van der Waals surface area contributed by atoms with Crippen LogP contribution < -0.4 is 5.32 Å². The fourth-order valence-corrected chi connectivity index (χ4v) is 3.53. The van der Waals surface area contributed by atoms with Crippen LogP contribution in [0.25, 0.3) is 5.76 Å². The Labute approximate surface area is 176 Å². The summed E-state index contributed by atoms with van der Waals surface area (Å²) in [7, 11) is 0. The molecule has 1 heterocycles. The second-order valence-electron chi connectivity index (χ2n) is 9.13. The minimum atomic E-state index is -0.794. The number of ketones is 1. The normalized spacial score (nSPS) is 19.9. The Bertz CT molecular complexity index is 893. The molecule has 7 heteroatoms. The Morgan fingerprint density at radius 3 is 2.63 bits per heavy atom. The molecule has 0 aromatic heterocycles. The average Bonchev–Trinajstić information content (AvgIpc) is 2.61. The van der Waals surface area contributed by atoms with Gasteiger partial charge in [-0.1, -0.05) is 24.3 Å². The number of amides is 1. The van der Waals surface area contributed by atoms with E-state index in [1.54, 1.807) is 20.8 Å². The highest BCUT2D eigenvalue weighted by molar-refractivity contribution is 6.06. The van der Waals surface area contributed by atoms with E-state index in [-0.39, 0.29) is 18.7 Å². The number of carbonyl (C=O) groups is 3. The van der Waals surface area contributed by atoms with Crippen molar-refractivity contribution < 1.29 is 28.6 Å². The molecule has 3 rings (SSSR count). The van der Waals surface area contributed by atoms with Crippen LogP contribution in [0, 0.1) is 0 Å². The molecule has 7 nitrogen and oxygen atoms in total. The standard InChI is InChI=1S/C23H29NO6/c1-22(2,3)30-21(27)24-11-10-19(26)28-18-13-16-17(25)12-14-8-6-7-9-15(14)20(16)29-23(18,4)5/h6-9,18H,10-13H2,1-5H3,(H,24,27). The summed E-state index contributed by atoms with van der Waals surface area (Å²) in [5.41, 5.74) is 1.03. The van der Waals surface area contributed by atoms with E-state index in [0.29, 0.717) is 24.2 Å². The first-order valence-corrected chi connectivity index (χ1v) is 10.2. The van der Waals surface area contributed by atoms with Crippen molar-refractivity contribution in [3.8, 4) is 0 Å². The summed E-state index contributed by atoms with van der Waals surface area (Å²) in [6.45, 7) is 9.08. The van der Waals surface area contributed by atoms with E-state index in [0.717, 1.165) is 11.1 Å². The predicted molar refractivity (Wildman–Crippen MR) is 111 cm³/mol. The SMILES string of the molecule is CC(C)(C)OC(=O)NCCC(=O)OC1CC2=C(OC1(C)C)c1ccccc1CC2=O. The first kappa shape index (κ1) is 21.9. The third kappa shape index (κ3) is 5.01. The molecule has 0 saturated carbocycles. The molecular formula is C23H29NO6. The zero-order valence-electron chi connectivity index (χ0n) is 18.2. The number of nitrogens with one attached hydrogen (secondary N) is 1. The molecule has 2 aliphatic rings. The zero-order valence-corrected chi connectivity index (χ0v) is 18.2. The summed E-state index contributed by atoms with van der Waals surface area (Å²) >= 11 is 0. The Balaban J connectivity index is 1.63. The molecule has 1 aliphatic carbocycles. The summed E-state index contributed by atoms with van der Waals surface area (Å²) in [5.74, 6) is 0.109. The Kier molecular flexibility index (Phi) is 5.92. The maximum Gasteiger partial charge on any atom is 0.407 e. The smallest absolute Gasteiger partial charge is 0.407 e. The summed E-state index contributed by atoms with van der Waals surface area (Å²) in [4.78, 5) is 36.7. The topological polar surface area (TPSA) is 90.9 Å². The van der Waals surface area contributed by atoms with E-state index in [1.807, 2.05) is 38.1 Å². The molecule has 1 unspecified atom stereocenters. The number of alkyl carbamates (subject to hydrolysis) is 1. The number of ether oxygens (including phenoxy) is 3. The van der Waals surface area contributed by atoms with Gasteiger partial charge >= 0.3 is 12.1 Å². The highest BCUT2D eigenvalue weighted by Gasteiger charge is 2.44. The molecule has 162 valence electrons. The van der Waals surface area contributed by atoms with Gasteiger partial charge in [-0.3, -0.25) is 9.59 Å². The molecular weight excluding hydrogens is 386 g/mol.